The Bertz CT molecular complexity index is 811. The number of hydrogen-bond donors (Lipinski definition) is 5. The Morgan fingerprint density at radius 1 is 1.07 bits per heavy atom. The molecular formula is C20H23ClO7. The van der Waals surface area contributed by atoms with Crippen LogP contribution in [-0.4, -0.2) is 63.7 Å². The van der Waals surface area contributed by atoms with Crippen LogP contribution in [-0.2, 0) is 16.9 Å². The topological polar surface area (TPSA) is 120 Å². The monoisotopic (exact) mass is 410 g/mol. The van der Waals surface area contributed by atoms with E-state index in [4.69, 9.17) is 21.1 Å². The zero-order valence-corrected chi connectivity index (χ0v) is 16.0. The van der Waals surface area contributed by atoms with Crippen LogP contribution in [0.15, 0.2) is 42.5 Å². The van der Waals surface area contributed by atoms with Crippen molar-refractivity contribution in [3.05, 3.63) is 64.2 Å². The molecule has 8 heteroatoms. The molecule has 5 N–H and O–H groups in total. The van der Waals surface area contributed by atoms with Gasteiger partial charge in [0.2, 0.25) is 5.79 Å². The van der Waals surface area contributed by atoms with Crippen molar-refractivity contribution in [2.45, 2.75) is 36.6 Å². The van der Waals surface area contributed by atoms with Crippen molar-refractivity contribution in [3.63, 3.8) is 0 Å². The molecule has 1 heterocycles. The van der Waals surface area contributed by atoms with Gasteiger partial charge in [-0.2, -0.15) is 0 Å². The normalized spacial score (nSPS) is 30.2. The molecule has 0 aromatic heterocycles. The molecule has 0 amide bonds. The van der Waals surface area contributed by atoms with Crippen LogP contribution in [0.1, 0.15) is 16.7 Å². The molecule has 2 aromatic carbocycles. The molecule has 1 aliphatic heterocycles. The Labute approximate surface area is 167 Å². The van der Waals surface area contributed by atoms with E-state index in [1.165, 1.54) is 6.07 Å². The second-order valence-electron chi connectivity index (χ2n) is 6.79. The van der Waals surface area contributed by atoms with E-state index in [-0.39, 0.29) is 5.56 Å². The summed E-state index contributed by atoms with van der Waals surface area (Å²) >= 11 is 6.29. The summed E-state index contributed by atoms with van der Waals surface area (Å²) in [5.74, 6) is -1.59. The molecule has 1 aliphatic rings. The van der Waals surface area contributed by atoms with Gasteiger partial charge in [-0.25, -0.2) is 0 Å². The molecule has 0 bridgehead atoms. The predicted molar refractivity (Wildman–Crippen MR) is 101 cm³/mol. The molecule has 3 rings (SSSR count). The lowest BCUT2D eigenvalue weighted by molar-refractivity contribution is -0.357. The lowest BCUT2D eigenvalue weighted by Crippen LogP contribution is -2.63. The smallest absolute Gasteiger partial charge is 0.222 e. The maximum absolute atomic E-state index is 10.9. The van der Waals surface area contributed by atoms with Crippen molar-refractivity contribution in [1.29, 1.82) is 0 Å². The summed E-state index contributed by atoms with van der Waals surface area (Å²) in [6.07, 6.45) is -5.87. The van der Waals surface area contributed by atoms with Crippen LogP contribution in [0.25, 0.3) is 0 Å². The molecule has 28 heavy (non-hydrogen) atoms. The fourth-order valence-corrected chi connectivity index (χ4v) is 3.47. The summed E-state index contributed by atoms with van der Waals surface area (Å²) in [5, 5.41) is 51.0. The first kappa shape index (κ1) is 21.0. The Kier molecular flexibility index (Phi) is 6.26. The van der Waals surface area contributed by atoms with Gasteiger partial charge in [-0.1, -0.05) is 29.8 Å². The molecule has 152 valence electrons. The maximum atomic E-state index is 10.9. The van der Waals surface area contributed by atoms with E-state index in [1.54, 1.807) is 19.2 Å². The van der Waals surface area contributed by atoms with E-state index in [2.05, 4.69) is 0 Å². The number of benzene rings is 2. The van der Waals surface area contributed by atoms with E-state index < -0.39 is 36.8 Å². The molecule has 0 aliphatic carbocycles. The number of methoxy groups -OCH3 is 1. The largest absolute Gasteiger partial charge is 0.497 e. The molecule has 2 aromatic rings. The average Bonchev–Trinajstić information content (AvgIpc) is 2.71. The number of rotatable bonds is 5. The van der Waals surface area contributed by atoms with Gasteiger partial charge in [-0.15, -0.1) is 0 Å². The van der Waals surface area contributed by atoms with E-state index in [1.807, 2.05) is 24.3 Å². The first-order valence-corrected chi connectivity index (χ1v) is 9.15. The van der Waals surface area contributed by atoms with Gasteiger partial charge in [-0.3, -0.25) is 0 Å². The SMILES string of the molecule is COc1ccc(Cc2cc(C3(O)O[C@H](CO)[C@@H](O)[C@H](O)[C@H]3O)ccc2Cl)cc1. The highest BCUT2D eigenvalue weighted by Crippen LogP contribution is 2.37. The molecule has 7 nitrogen and oxygen atoms in total. The lowest BCUT2D eigenvalue weighted by Gasteiger charge is -2.45. The molecule has 1 saturated heterocycles. The third kappa shape index (κ3) is 3.88. The van der Waals surface area contributed by atoms with Crippen LogP contribution in [0.5, 0.6) is 5.75 Å². The first-order chi connectivity index (χ1) is 13.3. The van der Waals surface area contributed by atoms with Gasteiger partial charge < -0.3 is 35.0 Å². The molecule has 0 saturated carbocycles. The van der Waals surface area contributed by atoms with Gasteiger partial charge in [0.05, 0.1) is 13.7 Å². The highest BCUT2D eigenvalue weighted by atomic mass is 35.5. The summed E-state index contributed by atoms with van der Waals surface area (Å²) in [7, 11) is 1.58. The van der Waals surface area contributed by atoms with Crippen LogP contribution in [0, 0.1) is 0 Å². The van der Waals surface area contributed by atoms with Crippen molar-refractivity contribution >= 4 is 11.6 Å². The van der Waals surface area contributed by atoms with Gasteiger partial charge in [0.1, 0.15) is 30.2 Å². The summed E-state index contributed by atoms with van der Waals surface area (Å²) in [5.41, 5.74) is 1.76. The molecule has 1 unspecified atom stereocenters. The van der Waals surface area contributed by atoms with E-state index >= 15 is 0 Å². The first-order valence-electron chi connectivity index (χ1n) is 8.77. The van der Waals surface area contributed by atoms with Crippen LogP contribution in [0.2, 0.25) is 5.02 Å². The van der Waals surface area contributed by atoms with Crippen LogP contribution in [0.4, 0.5) is 0 Å². The minimum absolute atomic E-state index is 0.150. The Hall–Kier alpha value is -1.71. The van der Waals surface area contributed by atoms with Crippen LogP contribution in [0.3, 0.4) is 0 Å². The molecule has 5 atom stereocenters. The van der Waals surface area contributed by atoms with Gasteiger partial charge in [0, 0.05) is 10.6 Å². The van der Waals surface area contributed by atoms with Crippen molar-refractivity contribution < 1.29 is 35.0 Å². The molecule has 0 radical (unpaired) electrons. The minimum atomic E-state index is -2.31. The van der Waals surface area contributed by atoms with Crippen molar-refractivity contribution in [3.8, 4) is 5.75 Å². The average molecular weight is 411 g/mol. The van der Waals surface area contributed by atoms with E-state index in [0.29, 0.717) is 17.0 Å². The second kappa shape index (κ2) is 8.34. The van der Waals surface area contributed by atoms with Crippen LogP contribution < -0.4 is 4.74 Å². The van der Waals surface area contributed by atoms with Gasteiger partial charge in [0.15, 0.2) is 0 Å². The molecular weight excluding hydrogens is 388 g/mol. The highest BCUT2D eigenvalue weighted by molar-refractivity contribution is 6.31. The van der Waals surface area contributed by atoms with Gasteiger partial charge in [-0.05, 0) is 41.8 Å². The second-order valence-corrected chi connectivity index (χ2v) is 7.20. The van der Waals surface area contributed by atoms with Gasteiger partial charge >= 0.3 is 0 Å². The Morgan fingerprint density at radius 3 is 2.36 bits per heavy atom. The predicted octanol–water partition coefficient (Wildman–Crippen LogP) is 0.558. The lowest BCUT2D eigenvalue weighted by atomic mass is 9.87. The molecule has 1 fully saturated rings. The third-order valence-electron chi connectivity index (χ3n) is 4.98. The fourth-order valence-electron chi connectivity index (χ4n) is 3.29. The number of aliphatic hydroxyl groups is 5. The van der Waals surface area contributed by atoms with Gasteiger partial charge in [0.25, 0.3) is 0 Å². The highest BCUT2D eigenvalue weighted by Gasteiger charge is 2.53. The van der Waals surface area contributed by atoms with E-state index in [0.717, 1.165) is 11.3 Å². The third-order valence-corrected chi connectivity index (χ3v) is 5.35. The summed E-state index contributed by atoms with van der Waals surface area (Å²) in [6, 6.07) is 12.0. The zero-order chi connectivity index (χ0) is 20.5. The quantitative estimate of drug-likeness (QED) is 0.488. The van der Waals surface area contributed by atoms with E-state index in [9.17, 15) is 25.5 Å². The van der Waals surface area contributed by atoms with Crippen molar-refractivity contribution in [1.82, 2.24) is 0 Å². The standard InChI is InChI=1S/C20H23ClO7/c1-27-14-5-2-11(3-6-14)8-12-9-13(4-7-15(12)21)20(26)19(25)18(24)17(23)16(10-22)28-20/h2-7,9,16-19,22-26H,8,10H2,1H3/t16-,17-,18+,19-,20?/m1/s1. The maximum Gasteiger partial charge on any atom is 0.222 e. The summed E-state index contributed by atoms with van der Waals surface area (Å²) in [6.45, 7) is -0.639. The van der Waals surface area contributed by atoms with Crippen LogP contribution >= 0.6 is 11.6 Å². The fraction of sp³-hybridized carbons (Fsp3) is 0.400. The number of halogens is 1. The number of hydrogen-bond acceptors (Lipinski definition) is 7. The number of aliphatic hydroxyl groups excluding tert-OH is 4. The minimum Gasteiger partial charge on any atom is -0.497 e. The van der Waals surface area contributed by atoms with Crippen molar-refractivity contribution in [2.24, 2.45) is 0 Å². The molecule has 0 spiro atoms. The summed E-state index contributed by atoms with van der Waals surface area (Å²) in [4.78, 5) is 0. The van der Waals surface area contributed by atoms with Crippen molar-refractivity contribution in [2.75, 3.05) is 13.7 Å². The Morgan fingerprint density at radius 2 is 1.75 bits per heavy atom. The number of ether oxygens (including phenoxy) is 2. The zero-order valence-electron chi connectivity index (χ0n) is 15.2. The Balaban J connectivity index is 1.92. The summed E-state index contributed by atoms with van der Waals surface area (Å²) < 4.78 is 10.5.